The van der Waals surface area contributed by atoms with Crippen molar-refractivity contribution in [3.05, 3.63) is 505 Å². The molecule has 0 spiro atoms. The van der Waals surface area contributed by atoms with E-state index in [1.807, 2.05) is 0 Å². The third kappa shape index (κ3) is 13.5. The van der Waals surface area contributed by atoms with E-state index in [9.17, 15) is 0 Å². The molecule has 21 aromatic rings. The van der Waals surface area contributed by atoms with Crippen LogP contribution in [0.5, 0.6) is 0 Å². The Bertz CT molecular complexity index is 8350. The minimum absolute atomic E-state index is 0.183. The molecule has 2 heteroatoms. The van der Waals surface area contributed by atoms with E-state index in [0.717, 1.165) is 34.1 Å². The standard InChI is InChI=1S/C71H55N.C64H49N/c1-69(2)63-38-46(44-17-9-7-10-18-44)25-31-56(63)59-34-28-50(41-66(59)69)72(51-29-35-60-57-32-26-47(45-19-11-8-12-20-45)39-64(57)70(3,4)67(60)42-51)52-30-36-61-58-33-27-49(40-65(58)71(5,6)68(61)43-52)62-37-48-21-13-14-22-53(48)54-23-15-16-24-55(54)62;1-63(2)59-38-50(43-15-9-6-10-16-43)27-33-55(59)57-35-31-53(40-61(57)63)65(52-29-25-47(26-30-52)46-21-19-45(20-22-46)42-13-7-5-8-14-42)54-32-36-58-56-34-28-51(39-60(56)64(3,4)62(58)41-54)49-24-23-44-17-11-12-18-48(44)37-49/h7-43H,1-6H3;5-41H,1-4H3. The lowest BCUT2D eigenvalue weighted by atomic mass is 9.80. The summed E-state index contributed by atoms with van der Waals surface area (Å²) in [4.78, 5) is 5.01. The predicted molar refractivity (Wildman–Crippen MR) is 581 cm³/mol. The van der Waals surface area contributed by atoms with E-state index in [-0.39, 0.29) is 27.1 Å². The van der Waals surface area contributed by atoms with Crippen molar-refractivity contribution >= 4 is 66.4 Å². The maximum absolute atomic E-state index is 2.54. The van der Waals surface area contributed by atoms with Crippen LogP contribution in [0, 0.1) is 0 Å². The van der Waals surface area contributed by atoms with Crippen molar-refractivity contribution in [1.29, 1.82) is 0 Å². The van der Waals surface area contributed by atoms with Gasteiger partial charge in [-0.15, -0.1) is 0 Å². The summed E-state index contributed by atoms with van der Waals surface area (Å²) in [7, 11) is 0. The lowest BCUT2D eigenvalue weighted by Crippen LogP contribution is -2.19. The number of rotatable bonds is 13. The Balaban J connectivity index is 0.000000146. The van der Waals surface area contributed by atoms with Crippen LogP contribution in [0.3, 0.4) is 0 Å². The molecule has 0 N–H and O–H groups in total. The molecule has 0 amide bonds. The molecule has 0 saturated carbocycles. The first kappa shape index (κ1) is 82.9. The van der Waals surface area contributed by atoms with Gasteiger partial charge in [0.15, 0.2) is 0 Å². The normalized spacial score (nSPS) is 14.4. The Kier molecular flexibility index (Phi) is 19.1. The topological polar surface area (TPSA) is 6.48 Å². The average molecular weight is 1750 g/mol. The van der Waals surface area contributed by atoms with Crippen molar-refractivity contribution in [2.75, 3.05) is 9.80 Å². The number of benzene rings is 21. The number of anilines is 6. The third-order valence-electron chi connectivity index (χ3n) is 31.5. The highest BCUT2D eigenvalue weighted by Crippen LogP contribution is 2.60. The van der Waals surface area contributed by atoms with Gasteiger partial charge in [0.1, 0.15) is 0 Å². The van der Waals surface area contributed by atoms with Crippen molar-refractivity contribution in [1.82, 2.24) is 0 Å². The highest BCUT2D eigenvalue weighted by Gasteiger charge is 2.43. The fourth-order valence-corrected chi connectivity index (χ4v) is 23.9. The van der Waals surface area contributed by atoms with Gasteiger partial charge in [-0.05, 0) is 337 Å². The molecule has 0 radical (unpaired) electrons. The molecule has 26 rings (SSSR count). The Morgan fingerprint density at radius 3 is 0.686 bits per heavy atom. The maximum atomic E-state index is 2.54. The minimum Gasteiger partial charge on any atom is -0.310 e. The molecule has 0 bridgehead atoms. The summed E-state index contributed by atoms with van der Waals surface area (Å²) in [6.45, 7) is 24.0. The van der Waals surface area contributed by atoms with Crippen molar-refractivity contribution < 1.29 is 0 Å². The summed E-state index contributed by atoms with van der Waals surface area (Å²) < 4.78 is 0. The zero-order valence-electron chi connectivity index (χ0n) is 79.1. The lowest BCUT2D eigenvalue weighted by molar-refractivity contribution is 0.659. The SMILES string of the molecule is CC1(C)c2cc(-c3ccccc3)ccc2-c2ccc(N(c3ccc(-c4ccc(-c5ccccc5)cc4)cc3)c3ccc4c(c3)C(C)(C)c3cc(-c5ccc6ccccc6c5)ccc3-4)cc21.CC1(C)c2cc(-c3ccccc3)ccc2-c2ccc(N(c3ccc4c(c3)C(C)(C)c3cc(-c5ccccc5)ccc3-4)c3ccc4c(c3)C(C)(C)c3cc(-c5cc6ccccc6c6ccccc56)ccc3-4)cc21. The first-order chi connectivity index (χ1) is 66.6. The molecule has 137 heavy (non-hydrogen) atoms. The maximum Gasteiger partial charge on any atom is 0.0465 e. The average Bonchev–Trinajstić information content (AvgIpc) is 1.57. The quantitative estimate of drug-likeness (QED) is 0.106. The van der Waals surface area contributed by atoms with Crippen molar-refractivity contribution in [3.8, 4) is 134 Å². The highest BCUT2D eigenvalue weighted by molar-refractivity contribution is 6.14. The molecule has 21 aromatic carbocycles. The van der Waals surface area contributed by atoms with Crippen molar-refractivity contribution in [2.45, 2.75) is 96.3 Å². The van der Waals surface area contributed by atoms with E-state index >= 15 is 0 Å². The van der Waals surface area contributed by atoms with Gasteiger partial charge >= 0.3 is 0 Å². The van der Waals surface area contributed by atoms with Crippen molar-refractivity contribution in [3.63, 3.8) is 0 Å². The molecule has 0 unspecified atom stereocenters. The van der Waals surface area contributed by atoms with Gasteiger partial charge in [0.2, 0.25) is 0 Å². The molecule has 0 aromatic heterocycles. The summed E-state index contributed by atoms with van der Waals surface area (Å²) >= 11 is 0. The van der Waals surface area contributed by atoms with E-state index in [2.05, 4.69) is 528 Å². The van der Waals surface area contributed by atoms with Crippen LogP contribution in [-0.4, -0.2) is 0 Å². The second-order valence-corrected chi connectivity index (χ2v) is 41.1. The zero-order chi connectivity index (χ0) is 92.5. The summed E-state index contributed by atoms with van der Waals surface area (Å²) in [6.07, 6.45) is 0. The van der Waals surface area contributed by atoms with Crippen molar-refractivity contribution in [2.24, 2.45) is 0 Å². The van der Waals surface area contributed by atoms with Crippen LogP contribution in [0.25, 0.3) is 166 Å². The summed E-state index contributed by atoms with van der Waals surface area (Å²) in [5.41, 5.74) is 50.1. The van der Waals surface area contributed by atoms with Gasteiger partial charge in [-0.1, -0.05) is 403 Å². The minimum atomic E-state index is -0.245. The molecule has 5 aliphatic carbocycles. The summed E-state index contributed by atoms with van der Waals surface area (Å²) in [5, 5.41) is 7.68. The first-order valence-electron chi connectivity index (χ1n) is 48.6. The monoisotopic (exact) mass is 1750 g/mol. The number of fused-ring (bicyclic) bond motifs is 19. The van der Waals surface area contributed by atoms with Crippen LogP contribution >= 0.6 is 0 Å². The van der Waals surface area contributed by atoms with Crippen LogP contribution in [0.1, 0.15) is 125 Å². The van der Waals surface area contributed by atoms with E-state index in [0.29, 0.717) is 0 Å². The van der Waals surface area contributed by atoms with Gasteiger partial charge in [-0.3, -0.25) is 0 Å². The Hall–Kier alpha value is -16.0. The molecule has 0 atom stereocenters. The first-order valence-corrected chi connectivity index (χ1v) is 48.6. The molecule has 0 saturated heterocycles. The Labute approximate surface area is 804 Å². The second kappa shape index (κ2) is 31.6. The van der Waals surface area contributed by atoms with Gasteiger partial charge in [-0.2, -0.15) is 0 Å². The van der Waals surface area contributed by atoms with Gasteiger partial charge < -0.3 is 9.80 Å². The van der Waals surface area contributed by atoms with Crippen LogP contribution in [0.2, 0.25) is 0 Å². The van der Waals surface area contributed by atoms with E-state index in [1.165, 1.54) is 221 Å². The fourth-order valence-electron chi connectivity index (χ4n) is 23.9. The van der Waals surface area contributed by atoms with Gasteiger partial charge in [0, 0.05) is 61.2 Å². The Morgan fingerprint density at radius 2 is 0.336 bits per heavy atom. The van der Waals surface area contributed by atoms with Crippen LogP contribution in [0.4, 0.5) is 34.1 Å². The molecule has 0 fully saturated rings. The smallest absolute Gasteiger partial charge is 0.0465 e. The van der Waals surface area contributed by atoms with Crippen LogP contribution < -0.4 is 9.80 Å². The number of hydrogen-bond donors (Lipinski definition) is 0. The fraction of sp³-hybridized carbons (Fsp3) is 0.111. The third-order valence-corrected chi connectivity index (χ3v) is 31.5. The largest absolute Gasteiger partial charge is 0.310 e. The predicted octanol–water partition coefficient (Wildman–Crippen LogP) is 37.0. The molecule has 5 aliphatic rings. The van der Waals surface area contributed by atoms with E-state index in [1.54, 1.807) is 0 Å². The molecular weight excluding hydrogens is 1650 g/mol. The molecule has 2 nitrogen and oxygen atoms in total. The lowest BCUT2D eigenvalue weighted by Gasteiger charge is -2.31. The van der Waals surface area contributed by atoms with Gasteiger partial charge in [0.05, 0.1) is 0 Å². The summed E-state index contributed by atoms with van der Waals surface area (Å²) in [6, 6.07) is 168. The number of nitrogens with zero attached hydrogens (tertiary/aromatic N) is 2. The van der Waals surface area contributed by atoms with Crippen LogP contribution in [-0.2, 0) is 27.1 Å². The molecule has 654 valence electrons. The summed E-state index contributed by atoms with van der Waals surface area (Å²) in [5.74, 6) is 0. The number of hydrogen-bond acceptors (Lipinski definition) is 2. The van der Waals surface area contributed by atoms with Gasteiger partial charge in [-0.25, -0.2) is 0 Å². The zero-order valence-corrected chi connectivity index (χ0v) is 79.1. The second-order valence-electron chi connectivity index (χ2n) is 41.1. The van der Waals surface area contributed by atoms with Crippen LogP contribution in [0.15, 0.2) is 449 Å². The Morgan fingerprint density at radius 1 is 0.124 bits per heavy atom. The van der Waals surface area contributed by atoms with Gasteiger partial charge in [0.25, 0.3) is 0 Å². The molecule has 0 aliphatic heterocycles. The highest BCUT2D eigenvalue weighted by atomic mass is 15.1. The van der Waals surface area contributed by atoms with E-state index in [4.69, 9.17) is 0 Å². The van der Waals surface area contributed by atoms with E-state index < -0.39 is 0 Å². The molecule has 0 heterocycles. The molecular formula is C135H104N2.